The van der Waals surface area contributed by atoms with Crippen molar-refractivity contribution in [2.24, 2.45) is 0 Å². The fourth-order valence-electron chi connectivity index (χ4n) is 4.33. The maximum atomic E-state index is 13.5. The molecule has 2 heterocycles. The van der Waals surface area contributed by atoms with Crippen molar-refractivity contribution in [2.45, 2.75) is 26.4 Å². The van der Waals surface area contributed by atoms with E-state index in [2.05, 4.69) is 12.1 Å². The summed E-state index contributed by atoms with van der Waals surface area (Å²) in [6.07, 6.45) is 0.585. The molecule has 0 radical (unpaired) electrons. The number of anilines is 1. The number of amides is 1. The highest BCUT2D eigenvalue weighted by atomic mass is 19.1. The topological polar surface area (TPSA) is 58.6 Å². The molecule has 1 amide bonds. The van der Waals surface area contributed by atoms with E-state index in [9.17, 15) is 9.18 Å². The van der Waals surface area contributed by atoms with Gasteiger partial charge in [-0.3, -0.25) is 4.79 Å². The molecule has 1 aromatic heterocycles. The van der Waals surface area contributed by atoms with E-state index in [1.807, 2.05) is 61.3 Å². The summed E-state index contributed by atoms with van der Waals surface area (Å²) < 4.78 is 19.6. The summed E-state index contributed by atoms with van der Waals surface area (Å²) in [7, 11) is 1.94. The van der Waals surface area contributed by atoms with Gasteiger partial charge in [0.1, 0.15) is 11.6 Å². The molecule has 0 bridgehead atoms. The molecule has 0 atom stereocenters. The van der Waals surface area contributed by atoms with Crippen LogP contribution in [-0.2, 0) is 19.5 Å². The minimum Gasteiger partial charge on any atom is -0.438 e. The van der Waals surface area contributed by atoms with Crippen LogP contribution in [0.2, 0.25) is 0 Å². The third-order valence-corrected chi connectivity index (χ3v) is 6.31. The molecule has 0 saturated heterocycles. The third-order valence-electron chi connectivity index (χ3n) is 6.31. The first-order chi connectivity index (χ1) is 17.5. The molecule has 3 aromatic carbocycles. The molecule has 0 aliphatic carbocycles. The predicted octanol–water partition coefficient (Wildman–Crippen LogP) is 5.55. The second kappa shape index (κ2) is 10.2. The largest absolute Gasteiger partial charge is 0.438 e. The van der Waals surface area contributed by atoms with Crippen molar-refractivity contribution in [1.29, 1.82) is 0 Å². The molecule has 0 N–H and O–H groups in total. The van der Waals surface area contributed by atoms with Crippen LogP contribution in [0.5, 0.6) is 11.6 Å². The summed E-state index contributed by atoms with van der Waals surface area (Å²) in [5.74, 6) is 1.01. The van der Waals surface area contributed by atoms with Gasteiger partial charge in [0, 0.05) is 32.1 Å². The lowest BCUT2D eigenvalue weighted by Crippen LogP contribution is -2.37. The van der Waals surface area contributed by atoms with Crippen molar-refractivity contribution in [2.75, 3.05) is 18.5 Å². The maximum absolute atomic E-state index is 13.5. The van der Waals surface area contributed by atoms with Gasteiger partial charge in [0.25, 0.3) is 5.91 Å². The van der Waals surface area contributed by atoms with Gasteiger partial charge in [-0.2, -0.15) is 4.98 Å². The molecule has 182 valence electrons. The Morgan fingerprint density at radius 3 is 2.47 bits per heavy atom. The predicted molar refractivity (Wildman–Crippen MR) is 137 cm³/mol. The van der Waals surface area contributed by atoms with Crippen molar-refractivity contribution in [3.05, 3.63) is 113 Å². The summed E-state index contributed by atoms with van der Waals surface area (Å²) in [4.78, 5) is 26.7. The number of ether oxygens (including phenoxy) is 1. The molecule has 1 aliphatic rings. The van der Waals surface area contributed by atoms with Gasteiger partial charge < -0.3 is 14.5 Å². The molecule has 6 nitrogen and oxygen atoms in total. The lowest BCUT2D eigenvalue weighted by molar-refractivity contribution is 0.0731. The van der Waals surface area contributed by atoms with Gasteiger partial charge in [-0.15, -0.1) is 0 Å². The average molecular weight is 483 g/mol. The quantitative estimate of drug-likeness (QED) is 0.361. The normalized spacial score (nSPS) is 12.7. The van der Waals surface area contributed by atoms with E-state index in [4.69, 9.17) is 14.7 Å². The van der Waals surface area contributed by atoms with Crippen molar-refractivity contribution < 1.29 is 13.9 Å². The van der Waals surface area contributed by atoms with Gasteiger partial charge in [-0.25, -0.2) is 9.37 Å². The molecule has 7 heteroatoms. The Hall–Kier alpha value is -4.26. The lowest BCUT2D eigenvalue weighted by atomic mass is 10.0. The first-order valence-corrected chi connectivity index (χ1v) is 11.9. The van der Waals surface area contributed by atoms with E-state index in [-0.39, 0.29) is 11.7 Å². The van der Waals surface area contributed by atoms with Crippen molar-refractivity contribution in [3.63, 3.8) is 0 Å². The smallest absolute Gasteiger partial charge is 0.254 e. The number of rotatable bonds is 6. The molecule has 1 aliphatic heterocycles. The number of carbonyl (C=O) groups excluding carboxylic acids is 1. The number of benzene rings is 3. The summed E-state index contributed by atoms with van der Waals surface area (Å²) in [5, 5.41) is 0. The zero-order valence-corrected chi connectivity index (χ0v) is 20.3. The molecule has 36 heavy (non-hydrogen) atoms. The second-order valence-electron chi connectivity index (χ2n) is 8.94. The Morgan fingerprint density at radius 2 is 1.72 bits per heavy atom. The van der Waals surface area contributed by atoms with Gasteiger partial charge in [0.2, 0.25) is 11.8 Å². The molecule has 0 spiro atoms. The summed E-state index contributed by atoms with van der Waals surface area (Å²) >= 11 is 0. The van der Waals surface area contributed by atoms with Crippen LogP contribution in [-0.4, -0.2) is 34.4 Å². The Bertz CT molecular complexity index is 1380. The van der Waals surface area contributed by atoms with Crippen molar-refractivity contribution in [3.8, 4) is 11.6 Å². The zero-order chi connectivity index (χ0) is 25.1. The van der Waals surface area contributed by atoms with E-state index in [1.165, 1.54) is 12.1 Å². The number of halogens is 1. The SMILES string of the molecule is Cc1ccccc1C(=O)N1CCc2nc(N(C)Cc3ccccc3)nc(Oc3ccc(F)cc3)c2C1. The van der Waals surface area contributed by atoms with Crippen LogP contribution in [0.25, 0.3) is 0 Å². The highest BCUT2D eigenvalue weighted by Gasteiger charge is 2.28. The Labute approximate surface area is 210 Å². The van der Waals surface area contributed by atoms with Gasteiger partial charge in [-0.1, -0.05) is 48.5 Å². The third kappa shape index (κ3) is 5.05. The second-order valence-corrected chi connectivity index (χ2v) is 8.94. The molecular weight excluding hydrogens is 455 g/mol. The van der Waals surface area contributed by atoms with Crippen LogP contribution in [0.15, 0.2) is 78.9 Å². The number of aromatic nitrogens is 2. The molecule has 0 saturated carbocycles. The number of nitrogens with zero attached hydrogens (tertiary/aromatic N) is 4. The van der Waals surface area contributed by atoms with Crippen LogP contribution in [0, 0.1) is 12.7 Å². The number of hydrogen-bond acceptors (Lipinski definition) is 5. The number of carbonyl (C=O) groups is 1. The van der Waals surface area contributed by atoms with E-state index < -0.39 is 0 Å². The molecule has 4 aromatic rings. The number of aryl methyl sites for hydroxylation is 1. The Balaban J connectivity index is 1.48. The highest BCUT2D eigenvalue weighted by molar-refractivity contribution is 5.95. The average Bonchev–Trinajstić information content (AvgIpc) is 2.90. The molecule has 0 fully saturated rings. The van der Waals surface area contributed by atoms with Crippen LogP contribution in [0.1, 0.15) is 32.7 Å². The fraction of sp³-hybridized carbons (Fsp3) is 0.207. The minimum atomic E-state index is -0.342. The van der Waals surface area contributed by atoms with Crippen LogP contribution >= 0.6 is 0 Å². The van der Waals surface area contributed by atoms with Crippen LogP contribution in [0.3, 0.4) is 0 Å². The minimum absolute atomic E-state index is 0.0308. The summed E-state index contributed by atoms with van der Waals surface area (Å²) in [6.45, 7) is 3.45. The van der Waals surface area contributed by atoms with Crippen molar-refractivity contribution in [1.82, 2.24) is 14.9 Å². The summed E-state index contributed by atoms with van der Waals surface area (Å²) in [5.41, 5.74) is 4.37. The standard InChI is InChI=1S/C29H27FN4O2/c1-20-8-6-7-11-24(20)28(35)34-17-16-26-25(19-34)27(36-23-14-12-22(30)13-15-23)32-29(31-26)33(2)18-21-9-4-3-5-10-21/h3-15H,16-19H2,1-2H3. The number of fused-ring (bicyclic) bond motifs is 1. The summed E-state index contributed by atoms with van der Waals surface area (Å²) in [6, 6.07) is 23.5. The number of hydrogen-bond donors (Lipinski definition) is 0. The lowest BCUT2D eigenvalue weighted by Gasteiger charge is -2.30. The molecule has 0 unspecified atom stereocenters. The van der Waals surface area contributed by atoms with Gasteiger partial charge in [-0.05, 0) is 48.4 Å². The van der Waals surface area contributed by atoms with E-state index in [0.29, 0.717) is 49.2 Å². The first kappa shape index (κ1) is 23.5. The fourth-order valence-corrected chi connectivity index (χ4v) is 4.33. The van der Waals surface area contributed by atoms with E-state index >= 15 is 0 Å². The monoisotopic (exact) mass is 482 g/mol. The van der Waals surface area contributed by atoms with Crippen molar-refractivity contribution >= 4 is 11.9 Å². The van der Waals surface area contributed by atoms with E-state index in [0.717, 1.165) is 22.4 Å². The highest BCUT2D eigenvalue weighted by Crippen LogP contribution is 2.32. The molecular formula is C29H27FN4O2. The van der Waals surface area contributed by atoms with Gasteiger partial charge in [0.15, 0.2) is 0 Å². The van der Waals surface area contributed by atoms with Gasteiger partial charge >= 0.3 is 0 Å². The Morgan fingerprint density at radius 1 is 1.00 bits per heavy atom. The van der Waals surface area contributed by atoms with Gasteiger partial charge in [0.05, 0.1) is 17.8 Å². The first-order valence-electron chi connectivity index (χ1n) is 11.9. The zero-order valence-electron chi connectivity index (χ0n) is 20.3. The Kier molecular flexibility index (Phi) is 6.62. The molecule has 5 rings (SSSR count). The van der Waals surface area contributed by atoms with Crippen LogP contribution in [0.4, 0.5) is 10.3 Å². The maximum Gasteiger partial charge on any atom is 0.254 e. The van der Waals surface area contributed by atoms with Crippen LogP contribution < -0.4 is 9.64 Å². The van der Waals surface area contributed by atoms with E-state index in [1.54, 1.807) is 17.0 Å².